The Kier molecular flexibility index (Phi) is 4.80. The van der Waals surface area contributed by atoms with E-state index >= 15 is 0 Å². The zero-order valence-electron chi connectivity index (χ0n) is 12.7. The molecule has 6 nitrogen and oxygen atoms in total. The summed E-state index contributed by atoms with van der Waals surface area (Å²) in [5.41, 5.74) is 0.793. The Morgan fingerprint density at radius 2 is 2.00 bits per heavy atom. The van der Waals surface area contributed by atoms with Crippen molar-refractivity contribution >= 4 is 18.0 Å². The van der Waals surface area contributed by atoms with Crippen LogP contribution in [0.4, 0.5) is 0 Å². The number of carbonyl (C=O) groups excluding carboxylic acids is 2. The predicted molar refractivity (Wildman–Crippen MR) is 83.0 cm³/mol. The number of nitrogens with one attached hydrogen (secondary N) is 1. The first kappa shape index (κ1) is 15.4. The van der Waals surface area contributed by atoms with Crippen molar-refractivity contribution in [3.8, 4) is 11.5 Å². The van der Waals surface area contributed by atoms with E-state index in [1.165, 1.54) is 6.08 Å². The van der Waals surface area contributed by atoms with Gasteiger partial charge in [0, 0.05) is 12.1 Å². The molecule has 2 aliphatic rings. The summed E-state index contributed by atoms with van der Waals surface area (Å²) in [4.78, 5) is 23.3. The Balaban J connectivity index is 1.44. The van der Waals surface area contributed by atoms with Crippen molar-refractivity contribution < 1.29 is 23.8 Å². The fraction of sp³-hybridized carbons (Fsp3) is 0.412. The van der Waals surface area contributed by atoms with E-state index < -0.39 is 5.97 Å². The molecule has 1 saturated carbocycles. The van der Waals surface area contributed by atoms with Crippen LogP contribution >= 0.6 is 0 Å². The van der Waals surface area contributed by atoms with E-state index in [1.807, 2.05) is 6.07 Å². The molecule has 0 radical (unpaired) electrons. The maximum Gasteiger partial charge on any atom is 0.331 e. The van der Waals surface area contributed by atoms with Crippen molar-refractivity contribution in [1.29, 1.82) is 0 Å². The highest BCUT2D eigenvalue weighted by Crippen LogP contribution is 2.32. The third-order valence-corrected chi connectivity index (χ3v) is 3.87. The molecule has 0 aromatic heterocycles. The summed E-state index contributed by atoms with van der Waals surface area (Å²) in [6.07, 6.45) is 7.19. The average Bonchev–Trinajstić information content (AvgIpc) is 3.21. The van der Waals surface area contributed by atoms with Crippen LogP contribution in [0.3, 0.4) is 0 Å². The highest BCUT2D eigenvalue weighted by atomic mass is 16.7. The number of fused-ring (bicyclic) bond motifs is 1. The van der Waals surface area contributed by atoms with Gasteiger partial charge in [-0.1, -0.05) is 18.9 Å². The van der Waals surface area contributed by atoms with Gasteiger partial charge in [-0.3, -0.25) is 4.79 Å². The number of benzene rings is 1. The Morgan fingerprint density at radius 1 is 1.22 bits per heavy atom. The first-order valence-corrected chi connectivity index (χ1v) is 7.74. The van der Waals surface area contributed by atoms with Gasteiger partial charge < -0.3 is 19.5 Å². The average molecular weight is 317 g/mol. The Morgan fingerprint density at radius 3 is 2.83 bits per heavy atom. The second kappa shape index (κ2) is 7.17. The summed E-state index contributed by atoms with van der Waals surface area (Å²) >= 11 is 0. The molecule has 0 atom stereocenters. The lowest BCUT2D eigenvalue weighted by Gasteiger charge is -2.11. The number of amides is 1. The van der Waals surface area contributed by atoms with Gasteiger partial charge in [0.2, 0.25) is 6.79 Å². The van der Waals surface area contributed by atoms with Gasteiger partial charge in [0.05, 0.1) is 0 Å². The molecule has 1 N–H and O–H groups in total. The van der Waals surface area contributed by atoms with Gasteiger partial charge >= 0.3 is 5.97 Å². The molecule has 0 saturated heterocycles. The standard InChI is InChI=1S/C17H19NO5/c19-16(18-13-3-1-2-4-13)10-21-17(20)8-6-12-5-7-14-15(9-12)23-11-22-14/h5-9,13H,1-4,10-11H2,(H,18,19). The summed E-state index contributed by atoms with van der Waals surface area (Å²) in [5, 5.41) is 2.87. The lowest BCUT2D eigenvalue weighted by atomic mass is 10.2. The molecule has 1 heterocycles. The maximum absolute atomic E-state index is 11.7. The van der Waals surface area contributed by atoms with Gasteiger partial charge in [-0.25, -0.2) is 4.79 Å². The lowest BCUT2D eigenvalue weighted by Crippen LogP contribution is -2.35. The van der Waals surface area contributed by atoms with Crippen LogP contribution in [0.5, 0.6) is 11.5 Å². The first-order chi connectivity index (χ1) is 11.2. The second-order valence-electron chi connectivity index (χ2n) is 5.60. The molecule has 0 bridgehead atoms. The van der Waals surface area contributed by atoms with Crippen LogP contribution < -0.4 is 14.8 Å². The van der Waals surface area contributed by atoms with Gasteiger partial charge in [0.1, 0.15) is 0 Å². The van der Waals surface area contributed by atoms with Crippen LogP contribution in [-0.4, -0.2) is 31.3 Å². The van der Waals surface area contributed by atoms with Crippen LogP contribution in [0, 0.1) is 0 Å². The van der Waals surface area contributed by atoms with E-state index in [-0.39, 0.29) is 25.3 Å². The maximum atomic E-state index is 11.7. The van der Waals surface area contributed by atoms with E-state index in [9.17, 15) is 9.59 Å². The van der Waals surface area contributed by atoms with E-state index in [0.717, 1.165) is 31.2 Å². The molecule has 1 aromatic carbocycles. The quantitative estimate of drug-likeness (QED) is 0.664. The zero-order chi connectivity index (χ0) is 16.1. The van der Waals surface area contributed by atoms with E-state index in [4.69, 9.17) is 14.2 Å². The number of hydrogen-bond donors (Lipinski definition) is 1. The molecular formula is C17H19NO5. The van der Waals surface area contributed by atoms with Gasteiger partial charge in [-0.2, -0.15) is 0 Å². The highest BCUT2D eigenvalue weighted by molar-refractivity contribution is 5.89. The van der Waals surface area contributed by atoms with Crippen LogP contribution in [0.25, 0.3) is 6.08 Å². The molecule has 0 unspecified atom stereocenters. The van der Waals surface area contributed by atoms with Gasteiger partial charge in [-0.15, -0.1) is 0 Å². The first-order valence-electron chi connectivity index (χ1n) is 7.74. The molecule has 6 heteroatoms. The minimum Gasteiger partial charge on any atom is -0.454 e. The molecule has 1 aliphatic heterocycles. The fourth-order valence-corrected chi connectivity index (χ4v) is 2.71. The monoisotopic (exact) mass is 317 g/mol. The van der Waals surface area contributed by atoms with E-state index in [2.05, 4.69) is 5.32 Å². The number of esters is 1. The normalized spacial score (nSPS) is 16.7. The lowest BCUT2D eigenvalue weighted by molar-refractivity contribution is -0.144. The molecule has 23 heavy (non-hydrogen) atoms. The van der Waals surface area contributed by atoms with Gasteiger partial charge in [-0.05, 0) is 36.6 Å². The van der Waals surface area contributed by atoms with Crippen molar-refractivity contribution in [3.05, 3.63) is 29.8 Å². The number of hydrogen-bond acceptors (Lipinski definition) is 5. The van der Waals surface area contributed by atoms with Crippen molar-refractivity contribution in [2.45, 2.75) is 31.7 Å². The SMILES string of the molecule is O=C(COC(=O)C=Cc1ccc2c(c1)OCO2)NC1CCCC1. The number of carbonyl (C=O) groups is 2. The van der Waals surface area contributed by atoms with Crippen LogP contribution in [-0.2, 0) is 14.3 Å². The minimum atomic E-state index is -0.552. The third-order valence-electron chi connectivity index (χ3n) is 3.87. The zero-order valence-corrected chi connectivity index (χ0v) is 12.7. The molecule has 3 rings (SSSR count). The molecule has 122 valence electrons. The van der Waals surface area contributed by atoms with Gasteiger partial charge in [0.15, 0.2) is 18.1 Å². The van der Waals surface area contributed by atoms with Crippen molar-refractivity contribution in [1.82, 2.24) is 5.32 Å². The van der Waals surface area contributed by atoms with Crippen molar-refractivity contribution in [3.63, 3.8) is 0 Å². The third kappa shape index (κ3) is 4.25. The van der Waals surface area contributed by atoms with Crippen LogP contribution in [0.15, 0.2) is 24.3 Å². The summed E-state index contributed by atoms with van der Waals surface area (Å²) in [6.45, 7) is -0.0402. The second-order valence-corrected chi connectivity index (χ2v) is 5.60. The molecule has 1 aromatic rings. The predicted octanol–water partition coefficient (Wildman–Crippen LogP) is 2.03. The van der Waals surface area contributed by atoms with Crippen molar-refractivity contribution in [2.75, 3.05) is 13.4 Å². The van der Waals surface area contributed by atoms with Crippen molar-refractivity contribution in [2.24, 2.45) is 0 Å². The van der Waals surface area contributed by atoms with E-state index in [0.29, 0.717) is 11.5 Å². The van der Waals surface area contributed by atoms with Gasteiger partial charge in [0.25, 0.3) is 5.91 Å². The molecule has 1 amide bonds. The number of ether oxygens (including phenoxy) is 3. The fourth-order valence-electron chi connectivity index (χ4n) is 2.71. The summed E-state index contributed by atoms with van der Waals surface area (Å²) in [5.74, 6) is 0.538. The topological polar surface area (TPSA) is 73.9 Å². The summed E-state index contributed by atoms with van der Waals surface area (Å²) in [7, 11) is 0. The van der Waals surface area contributed by atoms with Crippen LogP contribution in [0.1, 0.15) is 31.2 Å². The summed E-state index contributed by atoms with van der Waals surface area (Å²) in [6, 6.07) is 5.59. The van der Waals surface area contributed by atoms with E-state index in [1.54, 1.807) is 18.2 Å². The van der Waals surface area contributed by atoms with Crippen LogP contribution in [0.2, 0.25) is 0 Å². The highest BCUT2D eigenvalue weighted by Gasteiger charge is 2.17. The Bertz CT molecular complexity index is 619. The molecular weight excluding hydrogens is 298 g/mol. The molecule has 0 spiro atoms. The summed E-state index contributed by atoms with van der Waals surface area (Å²) < 4.78 is 15.4. The Hall–Kier alpha value is -2.50. The number of rotatable bonds is 5. The largest absolute Gasteiger partial charge is 0.454 e. The Labute approximate surface area is 134 Å². The molecule has 1 aliphatic carbocycles. The minimum absolute atomic E-state index is 0.209. The smallest absolute Gasteiger partial charge is 0.331 e. The molecule has 1 fully saturated rings.